The molecule has 0 spiro atoms. The van der Waals surface area contributed by atoms with Gasteiger partial charge in [0.05, 0.1) is 11.9 Å². The molecule has 0 N–H and O–H groups in total. The summed E-state index contributed by atoms with van der Waals surface area (Å²) in [6, 6.07) is 13.8. The summed E-state index contributed by atoms with van der Waals surface area (Å²) in [5.74, 6) is 0. The highest BCUT2D eigenvalue weighted by Gasteiger charge is 2.13. The van der Waals surface area contributed by atoms with E-state index in [1.165, 1.54) is 0 Å². The first-order chi connectivity index (χ1) is 11.4. The summed E-state index contributed by atoms with van der Waals surface area (Å²) in [4.78, 5) is 17.9. The maximum absolute atomic E-state index is 5.67. The van der Waals surface area contributed by atoms with E-state index in [-0.39, 0.29) is 0 Å². The number of fused-ring (bicyclic) bond motifs is 4. The summed E-state index contributed by atoms with van der Waals surface area (Å²) >= 11 is 0. The molecule has 0 aliphatic rings. The maximum Gasteiger partial charge on any atom is 0.248 e. The Morgan fingerprint density at radius 1 is 0.783 bits per heavy atom. The minimum atomic E-state index is 0.489. The number of benzene rings is 1. The van der Waals surface area contributed by atoms with E-state index in [9.17, 15) is 0 Å². The Labute approximate surface area is 130 Å². The van der Waals surface area contributed by atoms with E-state index in [4.69, 9.17) is 9.40 Å². The van der Waals surface area contributed by atoms with Crippen LogP contribution < -0.4 is 0 Å². The van der Waals surface area contributed by atoms with Gasteiger partial charge in [0, 0.05) is 17.8 Å². The van der Waals surface area contributed by atoms with E-state index >= 15 is 0 Å². The van der Waals surface area contributed by atoms with Crippen LogP contribution in [0.15, 0.2) is 65.5 Å². The van der Waals surface area contributed by atoms with E-state index in [0.29, 0.717) is 22.5 Å². The van der Waals surface area contributed by atoms with Crippen LogP contribution in [0.2, 0.25) is 0 Å². The molecule has 0 saturated carbocycles. The summed E-state index contributed by atoms with van der Waals surface area (Å²) in [5, 5.41) is 2.17. The molecule has 108 valence electrons. The van der Waals surface area contributed by atoms with Crippen LogP contribution in [-0.4, -0.2) is 19.9 Å². The van der Waals surface area contributed by atoms with Crippen molar-refractivity contribution < 1.29 is 4.42 Å². The Morgan fingerprint density at radius 3 is 2.74 bits per heavy atom. The fourth-order valence-corrected chi connectivity index (χ4v) is 2.80. The quantitative estimate of drug-likeness (QED) is 0.468. The third-order valence-corrected chi connectivity index (χ3v) is 3.86. The highest BCUT2D eigenvalue weighted by Crippen LogP contribution is 2.28. The molecule has 5 heteroatoms. The van der Waals surface area contributed by atoms with Crippen LogP contribution in [0.1, 0.15) is 0 Å². The largest absolute Gasteiger partial charge is 0.435 e. The molecule has 0 fully saturated rings. The fourth-order valence-electron chi connectivity index (χ4n) is 2.80. The van der Waals surface area contributed by atoms with Gasteiger partial charge in [-0.1, -0.05) is 24.3 Å². The molecule has 0 bridgehead atoms. The Balaban J connectivity index is 1.84. The molecule has 1 aromatic carbocycles. The van der Waals surface area contributed by atoms with Crippen molar-refractivity contribution in [1.29, 1.82) is 0 Å². The van der Waals surface area contributed by atoms with Crippen LogP contribution in [0.5, 0.6) is 0 Å². The average molecular weight is 298 g/mol. The topological polar surface area (TPSA) is 64.7 Å². The Hall–Kier alpha value is -3.34. The van der Waals surface area contributed by atoms with Crippen LogP contribution in [-0.2, 0) is 0 Å². The van der Waals surface area contributed by atoms with Gasteiger partial charge in [0.2, 0.25) is 5.71 Å². The third kappa shape index (κ3) is 1.80. The van der Waals surface area contributed by atoms with E-state index in [1.807, 2.05) is 36.4 Å². The van der Waals surface area contributed by atoms with Gasteiger partial charge in [-0.15, -0.1) is 0 Å². The third-order valence-electron chi connectivity index (χ3n) is 3.86. The number of furan rings is 1. The summed E-state index contributed by atoms with van der Waals surface area (Å²) in [5.41, 5.74) is 4.07. The lowest BCUT2D eigenvalue weighted by Gasteiger charge is -2.04. The van der Waals surface area contributed by atoms with Crippen molar-refractivity contribution in [3.63, 3.8) is 0 Å². The van der Waals surface area contributed by atoms with Crippen LogP contribution >= 0.6 is 0 Å². The molecule has 0 atom stereocenters. The number of pyridine rings is 2. The van der Waals surface area contributed by atoms with Crippen molar-refractivity contribution in [3.8, 4) is 11.4 Å². The Morgan fingerprint density at radius 2 is 1.74 bits per heavy atom. The lowest BCUT2D eigenvalue weighted by Crippen LogP contribution is -1.91. The molecule has 4 heterocycles. The smallest absolute Gasteiger partial charge is 0.248 e. The van der Waals surface area contributed by atoms with Gasteiger partial charge >= 0.3 is 0 Å². The first kappa shape index (κ1) is 12.2. The van der Waals surface area contributed by atoms with Crippen molar-refractivity contribution in [2.24, 2.45) is 0 Å². The lowest BCUT2D eigenvalue weighted by atomic mass is 10.1. The van der Waals surface area contributed by atoms with Crippen LogP contribution in [0, 0.1) is 0 Å². The first-order valence-electron chi connectivity index (χ1n) is 7.24. The zero-order valence-electron chi connectivity index (χ0n) is 12.0. The number of hydrogen-bond acceptors (Lipinski definition) is 5. The molecule has 0 unspecified atom stereocenters. The molecule has 0 radical (unpaired) electrons. The zero-order valence-corrected chi connectivity index (χ0v) is 12.0. The van der Waals surface area contributed by atoms with Gasteiger partial charge in [0.25, 0.3) is 0 Å². The zero-order chi connectivity index (χ0) is 15.2. The second kappa shape index (κ2) is 4.58. The number of nitrogens with zero attached hydrogens (tertiary/aromatic N) is 4. The van der Waals surface area contributed by atoms with Crippen molar-refractivity contribution >= 4 is 33.1 Å². The molecular weight excluding hydrogens is 288 g/mol. The number of rotatable bonds is 1. The second-order valence-corrected chi connectivity index (χ2v) is 5.24. The van der Waals surface area contributed by atoms with Gasteiger partial charge in [-0.2, -0.15) is 0 Å². The van der Waals surface area contributed by atoms with Crippen molar-refractivity contribution in [1.82, 2.24) is 19.9 Å². The molecule has 0 aliphatic heterocycles. The number of hydrogen-bond donors (Lipinski definition) is 0. The minimum absolute atomic E-state index is 0.489. The lowest BCUT2D eigenvalue weighted by molar-refractivity contribution is 0.652. The first-order valence-corrected chi connectivity index (χ1v) is 7.24. The van der Waals surface area contributed by atoms with Gasteiger partial charge in [-0.3, -0.25) is 9.97 Å². The van der Waals surface area contributed by atoms with Gasteiger partial charge < -0.3 is 4.42 Å². The molecule has 0 aliphatic carbocycles. The van der Waals surface area contributed by atoms with Crippen LogP contribution in [0.25, 0.3) is 44.5 Å². The Kier molecular flexibility index (Phi) is 2.43. The molecule has 5 rings (SSSR count). The molecule has 5 nitrogen and oxygen atoms in total. The normalized spacial score (nSPS) is 11.5. The summed E-state index contributed by atoms with van der Waals surface area (Å²) in [7, 11) is 0. The maximum atomic E-state index is 5.67. The van der Waals surface area contributed by atoms with Gasteiger partial charge in [-0.25, -0.2) is 9.97 Å². The SMILES string of the molecule is c1ccc2c(-c3cnc4oc5cccnc5c4n3)nccc2c1. The highest BCUT2D eigenvalue weighted by atomic mass is 16.3. The summed E-state index contributed by atoms with van der Waals surface area (Å²) in [6.45, 7) is 0. The second-order valence-electron chi connectivity index (χ2n) is 5.24. The average Bonchev–Trinajstić information content (AvgIpc) is 2.99. The Bertz CT molecular complexity index is 1170. The predicted octanol–water partition coefficient (Wildman–Crippen LogP) is 3.99. The van der Waals surface area contributed by atoms with E-state index in [0.717, 1.165) is 22.0 Å². The standard InChI is InChI=1S/C18H10N4O/c1-2-5-12-11(4-1)7-9-20-15(12)13-10-21-18-17(22-13)16-14(23-18)6-3-8-19-16/h1-10H. The van der Waals surface area contributed by atoms with Crippen molar-refractivity contribution in [2.45, 2.75) is 0 Å². The molecule has 5 aromatic rings. The minimum Gasteiger partial charge on any atom is -0.435 e. The molecule has 0 amide bonds. The molecule has 0 saturated heterocycles. The monoisotopic (exact) mass is 298 g/mol. The van der Waals surface area contributed by atoms with Gasteiger partial charge in [0.15, 0.2) is 11.1 Å². The molecule has 4 aromatic heterocycles. The van der Waals surface area contributed by atoms with Gasteiger partial charge in [-0.05, 0) is 23.6 Å². The fraction of sp³-hybridized carbons (Fsp3) is 0. The van der Waals surface area contributed by atoms with Crippen LogP contribution in [0.3, 0.4) is 0 Å². The van der Waals surface area contributed by atoms with E-state index in [1.54, 1.807) is 18.6 Å². The van der Waals surface area contributed by atoms with E-state index in [2.05, 4.69) is 21.0 Å². The van der Waals surface area contributed by atoms with E-state index < -0.39 is 0 Å². The highest BCUT2D eigenvalue weighted by molar-refractivity contribution is 6.00. The van der Waals surface area contributed by atoms with Crippen molar-refractivity contribution in [3.05, 3.63) is 61.1 Å². The number of aromatic nitrogens is 4. The predicted molar refractivity (Wildman–Crippen MR) is 87.8 cm³/mol. The molecular formula is C18H10N4O. The van der Waals surface area contributed by atoms with Crippen molar-refractivity contribution in [2.75, 3.05) is 0 Å². The summed E-state index contributed by atoms with van der Waals surface area (Å²) < 4.78 is 5.67. The summed E-state index contributed by atoms with van der Waals surface area (Å²) in [6.07, 6.45) is 5.20. The molecule has 23 heavy (non-hydrogen) atoms. The van der Waals surface area contributed by atoms with Crippen LogP contribution in [0.4, 0.5) is 0 Å². The van der Waals surface area contributed by atoms with Gasteiger partial charge in [0.1, 0.15) is 11.2 Å².